The minimum absolute atomic E-state index is 0.545. The second-order valence-electron chi connectivity index (χ2n) is 3.46. The van der Waals surface area contributed by atoms with Crippen molar-refractivity contribution >= 4 is 24.1 Å². The Labute approximate surface area is 105 Å². The topological polar surface area (TPSA) is 66.4 Å². The smallest absolute Gasteiger partial charge is 0.225 e. The molecule has 0 fully saturated rings. The van der Waals surface area contributed by atoms with E-state index in [1.165, 1.54) is 0 Å². The monoisotopic (exact) mass is 240 g/mol. The highest BCUT2D eigenvalue weighted by Crippen LogP contribution is 2.12. The lowest BCUT2D eigenvalue weighted by molar-refractivity contribution is -0.109. The van der Waals surface area contributed by atoms with Gasteiger partial charge in [0.1, 0.15) is 5.82 Å². The van der Waals surface area contributed by atoms with Crippen LogP contribution in [0.1, 0.15) is 5.56 Å². The Morgan fingerprint density at radius 3 is 2.61 bits per heavy atom. The zero-order chi connectivity index (χ0) is 12.6. The molecular formula is C13H12N4O. The highest BCUT2D eigenvalue weighted by molar-refractivity contribution is 5.81. The maximum absolute atomic E-state index is 10.1. The molecule has 90 valence electrons. The summed E-state index contributed by atoms with van der Waals surface area (Å²) in [6.45, 7) is 0. The van der Waals surface area contributed by atoms with Gasteiger partial charge in [-0.3, -0.25) is 20.6 Å². The first-order chi connectivity index (χ1) is 8.88. The Bertz CT molecular complexity index is 522. The molecule has 1 aromatic heterocycles. The van der Waals surface area contributed by atoms with E-state index in [-0.39, 0.29) is 0 Å². The Hall–Kier alpha value is -2.69. The maximum Gasteiger partial charge on any atom is 0.225 e. The van der Waals surface area contributed by atoms with Crippen LogP contribution >= 0.6 is 0 Å². The molecule has 5 nitrogen and oxygen atoms in total. The maximum atomic E-state index is 10.1. The van der Waals surface area contributed by atoms with Crippen molar-refractivity contribution in [3.8, 4) is 0 Å². The average molecular weight is 240 g/mol. The fourth-order valence-corrected chi connectivity index (χ4v) is 1.33. The van der Waals surface area contributed by atoms with Crippen LogP contribution in [0.3, 0.4) is 0 Å². The van der Waals surface area contributed by atoms with Crippen molar-refractivity contribution < 1.29 is 4.79 Å². The number of amides is 1. The van der Waals surface area contributed by atoms with E-state index >= 15 is 0 Å². The number of nitrogens with zero attached hydrogens (tertiary/aromatic N) is 2. The predicted octanol–water partition coefficient (Wildman–Crippen LogP) is 1.91. The summed E-state index contributed by atoms with van der Waals surface area (Å²) in [6, 6.07) is 13.4. The molecule has 0 aliphatic heterocycles. The molecule has 1 amide bonds. The van der Waals surface area contributed by atoms with E-state index in [0.29, 0.717) is 12.2 Å². The highest BCUT2D eigenvalue weighted by atomic mass is 16.1. The van der Waals surface area contributed by atoms with Crippen molar-refractivity contribution in [3.63, 3.8) is 0 Å². The van der Waals surface area contributed by atoms with E-state index in [2.05, 4.69) is 20.8 Å². The minimum Gasteiger partial charge on any atom is -0.282 e. The largest absolute Gasteiger partial charge is 0.282 e. The molecule has 0 spiro atoms. The van der Waals surface area contributed by atoms with Crippen LogP contribution in [0.15, 0.2) is 53.7 Å². The number of aliphatic imine (C=N–C) groups is 1. The molecule has 1 aromatic carbocycles. The molecule has 0 bridgehead atoms. The Balaban J connectivity index is 2.02. The number of hydrogen-bond acceptors (Lipinski definition) is 4. The number of rotatable bonds is 5. The molecule has 5 heteroatoms. The fraction of sp³-hybridized carbons (Fsp3) is 0. The molecule has 0 aliphatic carbocycles. The molecule has 0 aliphatic rings. The van der Waals surface area contributed by atoms with E-state index in [9.17, 15) is 4.79 Å². The van der Waals surface area contributed by atoms with Gasteiger partial charge >= 0.3 is 0 Å². The van der Waals surface area contributed by atoms with Crippen LogP contribution in [0, 0.1) is 0 Å². The number of carbonyl (C=O) groups is 1. The standard InChI is InChI=1S/C13H12N4O/c18-10-16-17-13-7-6-12(9-15-13)14-8-11-4-2-1-3-5-11/h1-10H,(H,15,17)(H,16,18). The van der Waals surface area contributed by atoms with Crippen LogP contribution in [0.2, 0.25) is 0 Å². The summed E-state index contributed by atoms with van der Waals surface area (Å²) in [7, 11) is 0. The molecule has 2 aromatic rings. The van der Waals surface area contributed by atoms with E-state index in [4.69, 9.17) is 0 Å². The second kappa shape index (κ2) is 6.15. The first-order valence-electron chi connectivity index (χ1n) is 5.39. The lowest BCUT2D eigenvalue weighted by Gasteiger charge is -2.02. The summed E-state index contributed by atoms with van der Waals surface area (Å²) in [5.41, 5.74) is 6.70. The highest BCUT2D eigenvalue weighted by Gasteiger charge is 1.92. The van der Waals surface area contributed by atoms with Crippen molar-refractivity contribution in [2.75, 3.05) is 5.43 Å². The molecule has 2 N–H and O–H groups in total. The van der Waals surface area contributed by atoms with Gasteiger partial charge in [0.2, 0.25) is 6.41 Å². The third kappa shape index (κ3) is 3.41. The van der Waals surface area contributed by atoms with Crippen molar-refractivity contribution in [1.29, 1.82) is 0 Å². The predicted molar refractivity (Wildman–Crippen MR) is 70.8 cm³/mol. The number of pyridine rings is 1. The van der Waals surface area contributed by atoms with Gasteiger partial charge < -0.3 is 0 Å². The number of nitrogens with one attached hydrogen (secondary N) is 2. The van der Waals surface area contributed by atoms with Gasteiger partial charge in [-0.05, 0) is 17.7 Å². The van der Waals surface area contributed by atoms with Gasteiger partial charge in [0, 0.05) is 6.21 Å². The van der Waals surface area contributed by atoms with Crippen molar-refractivity contribution in [2.45, 2.75) is 0 Å². The zero-order valence-electron chi connectivity index (χ0n) is 9.58. The fourth-order valence-electron chi connectivity index (χ4n) is 1.33. The molecule has 0 atom stereocenters. The summed E-state index contributed by atoms with van der Waals surface area (Å²) in [4.78, 5) is 18.5. The third-order valence-corrected chi connectivity index (χ3v) is 2.17. The van der Waals surface area contributed by atoms with Crippen LogP contribution < -0.4 is 10.9 Å². The van der Waals surface area contributed by atoms with Crippen LogP contribution in [0.4, 0.5) is 11.5 Å². The van der Waals surface area contributed by atoms with Gasteiger partial charge in [-0.15, -0.1) is 0 Å². The number of hydrazine groups is 1. The molecule has 2 rings (SSSR count). The SMILES string of the molecule is O=CNNc1ccc(N=Cc2ccccc2)cn1. The minimum atomic E-state index is 0.545. The zero-order valence-corrected chi connectivity index (χ0v) is 9.58. The Morgan fingerprint density at radius 1 is 1.11 bits per heavy atom. The summed E-state index contributed by atoms with van der Waals surface area (Å²) in [5.74, 6) is 0.556. The summed E-state index contributed by atoms with van der Waals surface area (Å²) < 4.78 is 0. The first-order valence-corrected chi connectivity index (χ1v) is 5.39. The molecule has 1 heterocycles. The van der Waals surface area contributed by atoms with Gasteiger partial charge in [-0.1, -0.05) is 30.3 Å². The van der Waals surface area contributed by atoms with Gasteiger partial charge in [0.15, 0.2) is 0 Å². The summed E-state index contributed by atoms with van der Waals surface area (Å²) in [5, 5.41) is 0. The van der Waals surface area contributed by atoms with E-state index in [0.717, 1.165) is 11.3 Å². The van der Waals surface area contributed by atoms with Gasteiger partial charge in [-0.25, -0.2) is 4.98 Å². The van der Waals surface area contributed by atoms with Gasteiger partial charge in [0.25, 0.3) is 0 Å². The third-order valence-electron chi connectivity index (χ3n) is 2.17. The average Bonchev–Trinajstić information content (AvgIpc) is 2.45. The van der Waals surface area contributed by atoms with E-state index in [1.54, 1.807) is 24.5 Å². The number of aromatic nitrogens is 1. The van der Waals surface area contributed by atoms with Crippen molar-refractivity contribution in [3.05, 3.63) is 54.2 Å². The van der Waals surface area contributed by atoms with Crippen LogP contribution in [0.5, 0.6) is 0 Å². The quantitative estimate of drug-likeness (QED) is 0.476. The molecule has 18 heavy (non-hydrogen) atoms. The first kappa shape index (κ1) is 11.8. The summed E-state index contributed by atoms with van der Waals surface area (Å²) >= 11 is 0. The second-order valence-corrected chi connectivity index (χ2v) is 3.46. The van der Waals surface area contributed by atoms with Crippen molar-refractivity contribution in [2.24, 2.45) is 4.99 Å². The molecular weight excluding hydrogens is 228 g/mol. The van der Waals surface area contributed by atoms with Crippen LogP contribution in [0.25, 0.3) is 0 Å². The molecule has 0 unspecified atom stereocenters. The Morgan fingerprint density at radius 2 is 1.94 bits per heavy atom. The van der Waals surface area contributed by atoms with Crippen molar-refractivity contribution in [1.82, 2.24) is 10.4 Å². The molecule has 0 saturated heterocycles. The Kier molecular flexibility index (Phi) is 4.02. The number of anilines is 1. The lowest BCUT2D eigenvalue weighted by Crippen LogP contribution is -2.19. The van der Waals surface area contributed by atoms with E-state index < -0.39 is 0 Å². The van der Waals surface area contributed by atoms with E-state index in [1.807, 2.05) is 30.3 Å². The lowest BCUT2D eigenvalue weighted by atomic mass is 10.2. The normalized spacial score (nSPS) is 10.2. The number of hydrogen-bond donors (Lipinski definition) is 2. The molecule has 0 radical (unpaired) electrons. The van der Waals surface area contributed by atoms with Gasteiger partial charge in [0.05, 0.1) is 11.9 Å². The number of benzene rings is 1. The van der Waals surface area contributed by atoms with Crippen LogP contribution in [-0.2, 0) is 4.79 Å². The number of carbonyl (C=O) groups excluding carboxylic acids is 1. The van der Waals surface area contributed by atoms with Crippen LogP contribution in [-0.4, -0.2) is 17.6 Å². The van der Waals surface area contributed by atoms with Gasteiger partial charge in [-0.2, -0.15) is 0 Å². The molecule has 0 saturated carbocycles. The summed E-state index contributed by atoms with van der Waals surface area (Å²) in [6.07, 6.45) is 3.94.